The van der Waals surface area contributed by atoms with Crippen molar-refractivity contribution in [1.82, 2.24) is 20.8 Å². The van der Waals surface area contributed by atoms with Crippen molar-refractivity contribution in [1.29, 1.82) is 0 Å². The van der Waals surface area contributed by atoms with Gasteiger partial charge in [0.05, 0.1) is 10.7 Å². The van der Waals surface area contributed by atoms with E-state index in [9.17, 15) is 4.79 Å². The van der Waals surface area contributed by atoms with Gasteiger partial charge < -0.3 is 15.5 Å². The van der Waals surface area contributed by atoms with Gasteiger partial charge in [0, 0.05) is 49.9 Å². The second-order valence-electron chi connectivity index (χ2n) is 6.67. The Bertz CT molecular complexity index is 779. The van der Waals surface area contributed by atoms with Crippen molar-refractivity contribution >= 4 is 35.6 Å². The number of para-hydroxylation sites is 1. The van der Waals surface area contributed by atoms with Crippen molar-refractivity contribution in [2.45, 2.75) is 31.8 Å². The number of hydrogen-bond acceptors (Lipinski definition) is 4. The smallest absolute Gasteiger partial charge is 0.272 e. The molecule has 3 N–H and O–H groups in total. The van der Waals surface area contributed by atoms with E-state index in [2.05, 4.69) is 25.7 Å². The van der Waals surface area contributed by atoms with Gasteiger partial charge in [0.1, 0.15) is 0 Å². The Balaban J connectivity index is 0.00000196. The van der Waals surface area contributed by atoms with Crippen LogP contribution in [0, 0.1) is 0 Å². The summed E-state index contributed by atoms with van der Waals surface area (Å²) >= 11 is 6.32. The molecule has 4 rings (SSSR count). The number of H-pyrrole nitrogens is 1. The molecular weight excluding hydrogens is 373 g/mol. The van der Waals surface area contributed by atoms with Crippen LogP contribution in [0.1, 0.15) is 34.6 Å². The largest absolute Gasteiger partial charge is 0.368 e. The minimum Gasteiger partial charge on any atom is -0.368 e. The lowest BCUT2D eigenvalue weighted by Gasteiger charge is -2.35. The SMILES string of the molecule is Cl.O=C(NC1CCCN(c2ccccc2Cl)C1)c1n[nH]c2c1CNCC2. The number of rotatable bonds is 3. The zero-order valence-electron chi connectivity index (χ0n) is 14.4. The molecule has 2 aliphatic rings. The standard InChI is InChI=1S/C18H22ClN5O.ClH/c19-14-5-1-2-6-16(14)24-9-3-4-12(11-24)21-18(25)17-13-10-20-8-7-15(13)22-23-17;/h1-2,5-6,12,20H,3-4,7-11H2,(H,21,25)(H,22,23);1H. The van der Waals surface area contributed by atoms with E-state index in [1.165, 1.54) is 0 Å². The van der Waals surface area contributed by atoms with Gasteiger partial charge in [-0.15, -0.1) is 12.4 Å². The van der Waals surface area contributed by atoms with Gasteiger partial charge in [0.2, 0.25) is 0 Å². The van der Waals surface area contributed by atoms with Crippen LogP contribution in [0.3, 0.4) is 0 Å². The number of aromatic amines is 1. The molecule has 2 aliphatic heterocycles. The maximum Gasteiger partial charge on any atom is 0.272 e. The summed E-state index contributed by atoms with van der Waals surface area (Å²) in [6.45, 7) is 3.34. The van der Waals surface area contributed by atoms with E-state index < -0.39 is 0 Å². The van der Waals surface area contributed by atoms with Crippen LogP contribution in [0.25, 0.3) is 0 Å². The van der Waals surface area contributed by atoms with Crippen LogP contribution < -0.4 is 15.5 Å². The molecule has 1 saturated heterocycles. The molecule has 0 saturated carbocycles. The average Bonchev–Trinajstić information content (AvgIpc) is 3.06. The van der Waals surface area contributed by atoms with E-state index in [1.54, 1.807) is 0 Å². The van der Waals surface area contributed by atoms with Gasteiger partial charge in [-0.25, -0.2) is 0 Å². The van der Waals surface area contributed by atoms with Crippen LogP contribution in [0.2, 0.25) is 5.02 Å². The van der Waals surface area contributed by atoms with E-state index in [0.717, 1.165) is 60.9 Å². The van der Waals surface area contributed by atoms with Gasteiger partial charge in [0.25, 0.3) is 5.91 Å². The third kappa shape index (κ3) is 3.82. The Labute approximate surface area is 164 Å². The van der Waals surface area contributed by atoms with Gasteiger partial charge >= 0.3 is 0 Å². The Morgan fingerprint density at radius 2 is 2.19 bits per heavy atom. The number of carbonyl (C=O) groups excluding carboxylic acids is 1. The molecule has 1 aromatic carbocycles. The van der Waals surface area contributed by atoms with E-state index in [1.807, 2.05) is 24.3 Å². The topological polar surface area (TPSA) is 73.0 Å². The molecule has 1 atom stereocenters. The maximum absolute atomic E-state index is 12.7. The minimum absolute atomic E-state index is 0. The quantitative estimate of drug-likeness (QED) is 0.746. The lowest BCUT2D eigenvalue weighted by molar-refractivity contribution is 0.0927. The van der Waals surface area contributed by atoms with Gasteiger partial charge in [-0.05, 0) is 25.0 Å². The van der Waals surface area contributed by atoms with Crippen LogP contribution in [-0.4, -0.2) is 41.8 Å². The highest BCUT2D eigenvalue weighted by Crippen LogP contribution is 2.28. The molecule has 1 aromatic heterocycles. The summed E-state index contributed by atoms with van der Waals surface area (Å²) in [5, 5.41) is 14.5. The van der Waals surface area contributed by atoms with Crippen molar-refractivity contribution in [2.24, 2.45) is 0 Å². The fourth-order valence-corrected chi connectivity index (χ4v) is 3.94. The molecule has 1 fully saturated rings. The van der Waals surface area contributed by atoms with E-state index in [-0.39, 0.29) is 24.4 Å². The summed E-state index contributed by atoms with van der Waals surface area (Å²) in [6.07, 6.45) is 2.88. The second-order valence-corrected chi connectivity index (χ2v) is 7.07. The summed E-state index contributed by atoms with van der Waals surface area (Å²) in [5.41, 5.74) is 3.63. The Morgan fingerprint density at radius 1 is 1.35 bits per heavy atom. The summed E-state index contributed by atoms with van der Waals surface area (Å²) in [5.74, 6) is -0.0905. The number of hydrogen-bond donors (Lipinski definition) is 3. The predicted molar refractivity (Wildman–Crippen MR) is 105 cm³/mol. The van der Waals surface area contributed by atoms with Crippen LogP contribution in [0.15, 0.2) is 24.3 Å². The first kappa shape index (κ1) is 19.0. The monoisotopic (exact) mass is 395 g/mol. The summed E-state index contributed by atoms with van der Waals surface area (Å²) < 4.78 is 0. The fourth-order valence-electron chi connectivity index (χ4n) is 3.69. The zero-order valence-corrected chi connectivity index (χ0v) is 16.0. The number of anilines is 1. The number of nitrogens with one attached hydrogen (secondary N) is 3. The van der Waals surface area contributed by atoms with E-state index >= 15 is 0 Å². The zero-order chi connectivity index (χ0) is 17.2. The second kappa shape index (κ2) is 8.29. The molecule has 0 aliphatic carbocycles. The first-order valence-corrected chi connectivity index (χ1v) is 9.17. The molecule has 1 unspecified atom stereocenters. The van der Waals surface area contributed by atoms with Crippen LogP contribution in [0.4, 0.5) is 5.69 Å². The van der Waals surface area contributed by atoms with Crippen LogP contribution >= 0.6 is 24.0 Å². The Hall–Kier alpha value is -1.76. The molecular formula is C18H23Cl2N5O. The molecule has 2 aromatic rings. The van der Waals surface area contributed by atoms with Crippen LogP contribution in [-0.2, 0) is 13.0 Å². The first-order chi connectivity index (χ1) is 12.2. The number of fused-ring (bicyclic) bond motifs is 1. The van der Waals surface area contributed by atoms with Crippen molar-refractivity contribution in [3.8, 4) is 0 Å². The fraction of sp³-hybridized carbons (Fsp3) is 0.444. The normalized spacial score (nSPS) is 19.4. The molecule has 0 spiro atoms. The molecule has 26 heavy (non-hydrogen) atoms. The molecule has 1 amide bonds. The number of nitrogens with zero attached hydrogens (tertiary/aromatic N) is 2. The van der Waals surface area contributed by atoms with E-state index in [0.29, 0.717) is 12.2 Å². The summed E-state index contributed by atoms with van der Waals surface area (Å²) in [7, 11) is 0. The molecule has 140 valence electrons. The van der Waals surface area contributed by atoms with Gasteiger partial charge in [-0.1, -0.05) is 23.7 Å². The molecule has 0 radical (unpaired) electrons. The van der Waals surface area contributed by atoms with Gasteiger partial charge in [-0.3, -0.25) is 9.89 Å². The van der Waals surface area contributed by atoms with Crippen molar-refractivity contribution in [3.05, 3.63) is 46.2 Å². The number of carbonyl (C=O) groups is 1. The molecule has 0 bridgehead atoms. The van der Waals surface area contributed by atoms with Gasteiger partial charge in [0.15, 0.2) is 5.69 Å². The van der Waals surface area contributed by atoms with E-state index in [4.69, 9.17) is 11.6 Å². The van der Waals surface area contributed by atoms with Gasteiger partial charge in [-0.2, -0.15) is 5.10 Å². The predicted octanol–water partition coefficient (Wildman–Crippen LogP) is 2.53. The third-order valence-electron chi connectivity index (χ3n) is 4.97. The highest BCUT2D eigenvalue weighted by Gasteiger charge is 2.26. The minimum atomic E-state index is -0.0905. The lowest BCUT2D eigenvalue weighted by atomic mass is 10.0. The average molecular weight is 396 g/mol. The number of aromatic nitrogens is 2. The maximum atomic E-state index is 12.7. The highest BCUT2D eigenvalue weighted by atomic mass is 35.5. The lowest BCUT2D eigenvalue weighted by Crippen LogP contribution is -2.48. The van der Waals surface area contributed by atoms with Crippen LogP contribution in [0.5, 0.6) is 0 Å². The highest BCUT2D eigenvalue weighted by molar-refractivity contribution is 6.33. The number of piperidine rings is 1. The summed E-state index contributed by atoms with van der Waals surface area (Å²) in [6, 6.07) is 7.96. The number of amides is 1. The number of benzene rings is 1. The molecule has 3 heterocycles. The van der Waals surface area contributed by atoms with Crippen molar-refractivity contribution in [2.75, 3.05) is 24.5 Å². The Kier molecular flexibility index (Phi) is 6.06. The number of halogens is 2. The molecule has 8 heteroatoms. The van der Waals surface area contributed by atoms with Crippen molar-refractivity contribution < 1.29 is 4.79 Å². The first-order valence-electron chi connectivity index (χ1n) is 8.79. The van der Waals surface area contributed by atoms with Crippen molar-refractivity contribution in [3.63, 3.8) is 0 Å². The Morgan fingerprint density at radius 3 is 3.04 bits per heavy atom. The summed E-state index contributed by atoms with van der Waals surface area (Å²) in [4.78, 5) is 14.9. The third-order valence-corrected chi connectivity index (χ3v) is 5.29. The molecule has 6 nitrogen and oxygen atoms in total.